The maximum Gasteiger partial charge on any atom is 0.0407 e. The number of hydrogen-bond acceptors (Lipinski definition) is 1. The molecule has 1 heteroatoms. The van der Waals surface area contributed by atoms with Gasteiger partial charge in [-0.25, -0.2) is 0 Å². The van der Waals surface area contributed by atoms with E-state index in [-0.39, 0.29) is 5.41 Å². The number of allylic oxidation sites excluding steroid dienone is 3. The first-order valence-corrected chi connectivity index (χ1v) is 6.22. The van der Waals surface area contributed by atoms with E-state index in [0.717, 1.165) is 0 Å². The molecule has 1 aliphatic carbocycles. The number of fused-ring (bicyclic) bond motifs is 3. The lowest BCUT2D eigenvalue weighted by molar-refractivity contribution is 0.615. The minimum absolute atomic E-state index is 0.208. The van der Waals surface area contributed by atoms with Crippen LogP contribution in [-0.2, 0) is 5.41 Å². The molecule has 0 bridgehead atoms. The van der Waals surface area contributed by atoms with Gasteiger partial charge in [0.2, 0.25) is 0 Å². The molecule has 76 valence electrons. The van der Waals surface area contributed by atoms with Crippen molar-refractivity contribution in [2.75, 3.05) is 0 Å². The van der Waals surface area contributed by atoms with Gasteiger partial charge in [-0.15, -0.1) is 11.8 Å². The van der Waals surface area contributed by atoms with E-state index in [0.29, 0.717) is 5.25 Å². The summed E-state index contributed by atoms with van der Waals surface area (Å²) in [5.41, 5.74) is 3.16. The van der Waals surface area contributed by atoms with Gasteiger partial charge in [0.25, 0.3) is 0 Å². The molecule has 1 heterocycles. The Morgan fingerprint density at radius 1 is 1.27 bits per heavy atom. The van der Waals surface area contributed by atoms with Crippen molar-refractivity contribution in [2.24, 2.45) is 0 Å². The third-order valence-corrected chi connectivity index (χ3v) is 4.95. The van der Waals surface area contributed by atoms with Gasteiger partial charge >= 0.3 is 0 Å². The molecular weight excluding hydrogens is 200 g/mol. The molecule has 3 rings (SSSR count). The van der Waals surface area contributed by atoms with Crippen LogP contribution in [0.3, 0.4) is 0 Å². The summed E-state index contributed by atoms with van der Waals surface area (Å²) in [5.74, 6) is 0. The van der Waals surface area contributed by atoms with E-state index in [1.807, 2.05) is 11.8 Å². The van der Waals surface area contributed by atoms with Crippen LogP contribution in [0.1, 0.15) is 18.1 Å². The molecule has 1 aromatic carbocycles. The van der Waals surface area contributed by atoms with Crippen LogP contribution in [0.15, 0.2) is 47.4 Å². The molecule has 0 aromatic heterocycles. The van der Waals surface area contributed by atoms with Gasteiger partial charge in [0.15, 0.2) is 0 Å². The summed E-state index contributed by atoms with van der Waals surface area (Å²) in [6, 6.07) is 6.63. The van der Waals surface area contributed by atoms with Crippen LogP contribution < -0.4 is 0 Å². The van der Waals surface area contributed by atoms with Gasteiger partial charge in [-0.05, 0) is 24.1 Å². The van der Waals surface area contributed by atoms with Crippen LogP contribution in [0.25, 0.3) is 0 Å². The fourth-order valence-corrected chi connectivity index (χ4v) is 4.21. The average Bonchev–Trinajstić information content (AvgIpc) is 2.51. The molecule has 0 fully saturated rings. The largest absolute Gasteiger partial charge is 0.117 e. The lowest BCUT2D eigenvalue weighted by atomic mass is 9.75. The maximum atomic E-state index is 2.35. The average molecular weight is 214 g/mol. The highest BCUT2D eigenvalue weighted by Gasteiger charge is 2.42. The number of benzene rings is 1. The summed E-state index contributed by atoms with van der Waals surface area (Å²) in [6.07, 6.45) is 9.02. The molecule has 0 amide bonds. The van der Waals surface area contributed by atoms with E-state index >= 15 is 0 Å². The molecule has 0 nitrogen and oxygen atoms in total. The third-order valence-electron chi connectivity index (χ3n) is 3.46. The molecule has 0 N–H and O–H groups in total. The predicted octanol–water partition coefficient (Wildman–Crippen LogP) is 3.85. The van der Waals surface area contributed by atoms with Gasteiger partial charge in [0, 0.05) is 15.6 Å². The molecule has 2 aliphatic rings. The molecule has 1 aliphatic heterocycles. The fraction of sp³-hybridized carbons (Fsp3) is 0.286. The highest BCUT2D eigenvalue weighted by atomic mass is 32.2. The zero-order valence-electron chi connectivity index (χ0n) is 9.03. The topological polar surface area (TPSA) is 0 Å². The molecule has 0 saturated carbocycles. The highest BCUT2D eigenvalue weighted by molar-refractivity contribution is 8.00. The van der Waals surface area contributed by atoms with Gasteiger partial charge in [-0.1, -0.05) is 43.4 Å². The summed E-state index contributed by atoms with van der Waals surface area (Å²) in [6.45, 7) is 4.57. The van der Waals surface area contributed by atoms with E-state index in [1.165, 1.54) is 16.0 Å². The Kier molecular flexibility index (Phi) is 1.87. The molecule has 15 heavy (non-hydrogen) atoms. The third kappa shape index (κ3) is 1.16. The van der Waals surface area contributed by atoms with E-state index in [1.54, 1.807) is 0 Å². The van der Waals surface area contributed by atoms with Gasteiger partial charge in [0.1, 0.15) is 0 Å². The van der Waals surface area contributed by atoms with Gasteiger partial charge in [-0.3, -0.25) is 0 Å². The fourth-order valence-electron chi connectivity index (χ4n) is 2.67. The van der Waals surface area contributed by atoms with Gasteiger partial charge in [-0.2, -0.15) is 0 Å². The molecule has 0 saturated heterocycles. The molecule has 1 aromatic rings. The van der Waals surface area contributed by atoms with Crippen LogP contribution in [0.5, 0.6) is 0 Å². The van der Waals surface area contributed by atoms with Crippen LogP contribution >= 0.6 is 11.8 Å². The second kappa shape index (κ2) is 3.02. The van der Waals surface area contributed by atoms with Crippen molar-refractivity contribution in [2.45, 2.75) is 29.4 Å². The molecule has 0 radical (unpaired) electrons. The molecular formula is C14H14S. The summed E-state index contributed by atoms with van der Waals surface area (Å²) in [7, 11) is 0. The number of rotatable bonds is 0. The van der Waals surface area contributed by atoms with Crippen LogP contribution in [0, 0.1) is 6.92 Å². The summed E-state index contributed by atoms with van der Waals surface area (Å²) < 4.78 is 0. The lowest BCUT2D eigenvalue weighted by Crippen LogP contribution is -2.28. The maximum absolute atomic E-state index is 2.35. The summed E-state index contributed by atoms with van der Waals surface area (Å²) in [4.78, 5) is 1.46. The molecule has 2 unspecified atom stereocenters. The summed E-state index contributed by atoms with van der Waals surface area (Å²) in [5, 5.41) is 0.582. The van der Waals surface area contributed by atoms with Crippen molar-refractivity contribution >= 4 is 11.8 Å². The van der Waals surface area contributed by atoms with Crippen LogP contribution in [0.2, 0.25) is 0 Å². The first kappa shape index (κ1) is 9.29. The van der Waals surface area contributed by atoms with E-state index in [2.05, 4.69) is 56.4 Å². The normalized spacial score (nSPS) is 31.5. The van der Waals surface area contributed by atoms with Crippen molar-refractivity contribution in [3.63, 3.8) is 0 Å². The summed E-state index contributed by atoms with van der Waals surface area (Å²) >= 11 is 2.00. The van der Waals surface area contributed by atoms with E-state index in [9.17, 15) is 0 Å². The van der Waals surface area contributed by atoms with E-state index in [4.69, 9.17) is 0 Å². The van der Waals surface area contributed by atoms with Gasteiger partial charge < -0.3 is 0 Å². The first-order valence-electron chi connectivity index (χ1n) is 5.34. The van der Waals surface area contributed by atoms with Crippen molar-refractivity contribution in [1.82, 2.24) is 0 Å². The van der Waals surface area contributed by atoms with Crippen molar-refractivity contribution in [3.05, 3.63) is 53.6 Å². The highest BCUT2D eigenvalue weighted by Crippen LogP contribution is 2.52. The van der Waals surface area contributed by atoms with Crippen molar-refractivity contribution in [3.8, 4) is 0 Å². The van der Waals surface area contributed by atoms with E-state index < -0.39 is 0 Å². The monoisotopic (exact) mass is 214 g/mol. The minimum Gasteiger partial charge on any atom is -0.117 e. The Morgan fingerprint density at radius 3 is 3.00 bits per heavy atom. The second-order valence-electron chi connectivity index (χ2n) is 4.51. The minimum atomic E-state index is 0.208. The number of thioether (sulfide) groups is 1. The van der Waals surface area contributed by atoms with Crippen molar-refractivity contribution < 1.29 is 0 Å². The second-order valence-corrected chi connectivity index (χ2v) is 5.70. The van der Waals surface area contributed by atoms with Gasteiger partial charge in [0.05, 0.1) is 0 Å². The molecule has 0 spiro atoms. The number of hydrogen-bond donors (Lipinski definition) is 0. The lowest BCUT2D eigenvalue weighted by Gasteiger charge is -2.29. The SMILES string of the molecule is Cc1cccc2c1C1(C)C=CC=CC1S2. The van der Waals surface area contributed by atoms with Crippen LogP contribution in [-0.4, -0.2) is 5.25 Å². The Balaban J connectivity index is 2.25. The Labute approximate surface area is 95.1 Å². The Bertz CT molecular complexity index is 470. The molecule has 2 atom stereocenters. The predicted molar refractivity (Wildman–Crippen MR) is 66.5 cm³/mol. The Hall–Kier alpha value is -0.950. The zero-order valence-corrected chi connectivity index (χ0v) is 9.84. The standard InChI is InChI=1S/C14H14S/c1-10-6-5-7-11-13(10)14(2)9-4-3-8-12(14)15-11/h3-9,12H,1-2H3. The zero-order chi connectivity index (χ0) is 10.5. The number of aryl methyl sites for hydroxylation is 1. The Morgan fingerprint density at radius 2 is 2.13 bits per heavy atom. The van der Waals surface area contributed by atoms with Crippen LogP contribution in [0.4, 0.5) is 0 Å². The first-order chi connectivity index (χ1) is 7.22. The van der Waals surface area contributed by atoms with Crippen molar-refractivity contribution in [1.29, 1.82) is 0 Å². The smallest absolute Gasteiger partial charge is 0.0407 e. The quantitative estimate of drug-likeness (QED) is 0.632.